The molecule has 0 atom stereocenters. The molecule has 19 heavy (non-hydrogen) atoms. The Kier molecular flexibility index (Phi) is 4.34. The van der Waals surface area contributed by atoms with Crippen molar-refractivity contribution in [2.24, 2.45) is 5.73 Å². The first kappa shape index (κ1) is 13.3. The molecule has 0 fully saturated rings. The summed E-state index contributed by atoms with van der Waals surface area (Å²) < 4.78 is 4.66. The zero-order valence-electron chi connectivity index (χ0n) is 10.4. The van der Waals surface area contributed by atoms with Crippen molar-refractivity contribution in [2.45, 2.75) is 6.54 Å². The first-order valence-electron chi connectivity index (χ1n) is 5.63. The molecule has 2 N–H and O–H groups in total. The van der Waals surface area contributed by atoms with Gasteiger partial charge in [-0.05, 0) is 6.07 Å². The Hall–Kier alpha value is -2.10. The van der Waals surface area contributed by atoms with E-state index in [9.17, 15) is 4.79 Å². The molecule has 2 aromatic heterocycles. The molecular formula is C13H13N3O2S. The molecule has 2 aromatic rings. The second kappa shape index (κ2) is 6.18. The van der Waals surface area contributed by atoms with Gasteiger partial charge in [-0.15, -0.1) is 11.3 Å². The van der Waals surface area contributed by atoms with Crippen LogP contribution in [0.2, 0.25) is 0 Å². The lowest BCUT2D eigenvalue weighted by molar-refractivity contribution is 0.0776. The molecular weight excluding hydrogens is 262 g/mol. The Bertz CT molecular complexity index is 607. The molecule has 0 radical (unpaired) electrons. The van der Waals surface area contributed by atoms with Crippen molar-refractivity contribution in [3.8, 4) is 11.8 Å². The molecule has 0 spiro atoms. The Morgan fingerprint density at radius 2 is 2.47 bits per heavy atom. The quantitative estimate of drug-likeness (QED) is 0.857. The maximum atomic E-state index is 12.0. The molecule has 2 heterocycles. The van der Waals surface area contributed by atoms with Crippen LogP contribution in [0.15, 0.2) is 28.3 Å². The van der Waals surface area contributed by atoms with Gasteiger partial charge in [0.05, 0.1) is 13.1 Å². The van der Waals surface area contributed by atoms with Gasteiger partial charge in [-0.3, -0.25) is 4.79 Å². The van der Waals surface area contributed by atoms with E-state index in [2.05, 4.69) is 21.5 Å². The van der Waals surface area contributed by atoms with Crippen molar-refractivity contribution in [2.75, 3.05) is 13.6 Å². The molecule has 0 aliphatic carbocycles. The van der Waals surface area contributed by atoms with Gasteiger partial charge in [-0.1, -0.05) is 17.0 Å². The molecule has 0 bridgehead atoms. The lowest BCUT2D eigenvalue weighted by atomic mass is 10.3. The van der Waals surface area contributed by atoms with Crippen molar-refractivity contribution < 1.29 is 9.32 Å². The molecule has 0 aliphatic heterocycles. The predicted molar refractivity (Wildman–Crippen MR) is 72.6 cm³/mol. The van der Waals surface area contributed by atoms with Gasteiger partial charge < -0.3 is 15.2 Å². The number of amides is 1. The third-order valence-corrected chi connectivity index (χ3v) is 3.31. The van der Waals surface area contributed by atoms with Crippen molar-refractivity contribution in [1.82, 2.24) is 10.1 Å². The highest BCUT2D eigenvalue weighted by Gasteiger charge is 2.15. The largest absolute Gasteiger partial charge is 0.364 e. The second-order valence-corrected chi connectivity index (χ2v) is 4.85. The minimum atomic E-state index is -0.170. The fourth-order valence-corrected chi connectivity index (χ4v) is 2.37. The van der Waals surface area contributed by atoms with E-state index in [4.69, 9.17) is 5.73 Å². The highest BCUT2D eigenvalue weighted by atomic mass is 32.1. The normalized spacial score (nSPS) is 9.79. The van der Waals surface area contributed by atoms with Gasteiger partial charge in [-0.2, -0.15) is 0 Å². The number of nitrogens with two attached hydrogens (primary N) is 1. The van der Waals surface area contributed by atoms with Gasteiger partial charge in [-0.25, -0.2) is 0 Å². The molecule has 0 unspecified atom stereocenters. The summed E-state index contributed by atoms with van der Waals surface area (Å²) >= 11 is 1.56. The van der Waals surface area contributed by atoms with Gasteiger partial charge in [0.25, 0.3) is 5.91 Å². The standard InChI is InChI=1S/C13H13N3O2S/c1-16(13(17)12-4-6-18-15-12)8-11-7-10(9-19-11)3-2-5-14/h4,6-7,9H,5,8,14H2,1H3. The van der Waals surface area contributed by atoms with Crippen LogP contribution in [0.3, 0.4) is 0 Å². The van der Waals surface area contributed by atoms with Gasteiger partial charge >= 0.3 is 0 Å². The van der Waals surface area contributed by atoms with Gasteiger partial charge in [0, 0.05) is 28.9 Å². The van der Waals surface area contributed by atoms with E-state index < -0.39 is 0 Å². The smallest absolute Gasteiger partial charge is 0.276 e. The zero-order valence-corrected chi connectivity index (χ0v) is 11.2. The summed E-state index contributed by atoms with van der Waals surface area (Å²) in [4.78, 5) is 14.6. The Morgan fingerprint density at radius 1 is 1.63 bits per heavy atom. The average Bonchev–Trinajstić information content (AvgIpc) is 3.06. The molecule has 0 saturated heterocycles. The highest BCUT2D eigenvalue weighted by Crippen LogP contribution is 2.16. The van der Waals surface area contributed by atoms with Gasteiger partial charge in [0.1, 0.15) is 6.26 Å². The van der Waals surface area contributed by atoms with E-state index in [-0.39, 0.29) is 5.91 Å². The number of aromatic nitrogens is 1. The third kappa shape index (κ3) is 3.44. The Balaban J connectivity index is 2.01. The van der Waals surface area contributed by atoms with E-state index in [0.29, 0.717) is 18.8 Å². The molecule has 98 valence electrons. The lowest BCUT2D eigenvalue weighted by Gasteiger charge is -2.13. The lowest BCUT2D eigenvalue weighted by Crippen LogP contribution is -2.26. The number of nitrogens with zero attached hydrogens (tertiary/aromatic N) is 2. The van der Waals surface area contributed by atoms with Crippen LogP contribution in [0.4, 0.5) is 0 Å². The van der Waals surface area contributed by atoms with Crippen molar-refractivity contribution >= 4 is 17.2 Å². The molecule has 1 amide bonds. The average molecular weight is 275 g/mol. The summed E-state index contributed by atoms with van der Waals surface area (Å²) in [7, 11) is 1.72. The molecule has 0 aromatic carbocycles. The number of carbonyl (C=O) groups is 1. The van der Waals surface area contributed by atoms with Crippen molar-refractivity contribution in [3.05, 3.63) is 39.9 Å². The van der Waals surface area contributed by atoms with Crippen LogP contribution in [-0.2, 0) is 6.54 Å². The summed E-state index contributed by atoms with van der Waals surface area (Å²) in [5, 5.41) is 5.58. The summed E-state index contributed by atoms with van der Waals surface area (Å²) in [5.41, 5.74) is 6.55. The number of carbonyl (C=O) groups excluding carboxylic acids is 1. The van der Waals surface area contributed by atoms with Gasteiger partial charge in [0.15, 0.2) is 5.69 Å². The van der Waals surface area contributed by atoms with Crippen LogP contribution in [0.5, 0.6) is 0 Å². The Morgan fingerprint density at radius 3 is 3.16 bits per heavy atom. The minimum Gasteiger partial charge on any atom is -0.364 e. The van der Waals surface area contributed by atoms with Crippen LogP contribution in [0.1, 0.15) is 20.9 Å². The van der Waals surface area contributed by atoms with Crippen molar-refractivity contribution in [1.29, 1.82) is 0 Å². The van der Waals surface area contributed by atoms with Crippen molar-refractivity contribution in [3.63, 3.8) is 0 Å². The first-order valence-corrected chi connectivity index (χ1v) is 6.51. The fourth-order valence-electron chi connectivity index (χ4n) is 1.51. The Labute approximate surface area is 115 Å². The van der Waals surface area contributed by atoms with E-state index in [0.717, 1.165) is 10.4 Å². The first-order chi connectivity index (χ1) is 9.20. The predicted octanol–water partition coefficient (Wildman–Crippen LogP) is 1.32. The van der Waals surface area contributed by atoms with E-state index in [1.165, 1.54) is 6.26 Å². The number of rotatable bonds is 3. The topological polar surface area (TPSA) is 72.4 Å². The molecule has 6 heteroatoms. The van der Waals surface area contributed by atoms with E-state index in [1.807, 2.05) is 11.4 Å². The van der Waals surface area contributed by atoms with E-state index >= 15 is 0 Å². The van der Waals surface area contributed by atoms with Crippen LogP contribution in [-0.4, -0.2) is 29.6 Å². The molecule has 5 nitrogen and oxygen atoms in total. The van der Waals surface area contributed by atoms with Crippen LogP contribution >= 0.6 is 11.3 Å². The monoisotopic (exact) mass is 275 g/mol. The number of thiophene rings is 1. The fraction of sp³-hybridized carbons (Fsp3) is 0.231. The minimum absolute atomic E-state index is 0.170. The summed E-state index contributed by atoms with van der Waals surface area (Å²) in [6.07, 6.45) is 1.38. The summed E-state index contributed by atoms with van der Waals surface area (Å²) in [5.74, 6) is 5.59. The van der Waals surface area contributed by atoms with E-state index in [1.54, 1.807) is 29.4 Å². The maximum absolute atomic E-state index is 12.0. The van der Waals surface area contributed by atoms with Crippen LogP contribution in [0.25, 0.3) is 0 Å². The van der Waals surface area contributed by atoms with Gasteiger partial charge in [0.2, 0.25) is 0 Å². The molecule has 0 saturated carbocycles. The maximum Gasteiger partial charge on any atom is 0.276 e. The number of hydrogen-bond donors (Lipinski definition) is 1. The second-order valence-electron chi connectivity index (χ2n) is 3.85. The molecule has 2 rings (SSSR count). The summed E-state index contributed by atoms with van der Waals surface area (Å²) in [6.45, 7) is 0.858. The number of hydrogen-bond acceptors (Lipinski definition) is 5. The van der Waals surface area contributed by atoms with Crippen LogP contribution in [0, 0.1) is 11.8 Å². The highest BCUT2D eigenvalue weighted by molar-refractivity contribution is 7.10. The van der Waals surface area contributed by atoms with Crippen LogP contribution < -0.4 is 5.73 Å². The third-order valence-electron chi connectivity index (χ3n) is 2.39. The summed E-state index contributed by atoms with van der Waals surface area (Å²) in [6, 6.07) is 3.51. The zero-order chi connectivity index (χ0) is 13.7. The SMILES string of the molecule is CN(Cc1cc(C#CCN)cs1)C(=O)c1ccon1. The molecule has 0 aliphatic rings.